The number of nitrogens with zero attached hydrogens (tertiary/aromatic N) is 2. The maximum atomic E-state index is 12.7. The zero-order chi connectivity index (χ0) is 23.9. The minimum Gasteiger partial charge on any atom is -0.441 e. The number of hydrogen-bond acceptors (Lipinski definition) is 6. The molecule has 0 unspecified atom stereocenters. The quantitative estimate of drug-likeness (QED) is 0.469. The summed E-state index contributed by atoms with van der Waals surface area (Å²) in [5, 5.41) is 2.98. The standard InChI is InChI=1S/C26H31N3O4S/c1-19-4-10-23(11-5-19)34(31)18-24-20(2)33-26(28-24)22-8-6-21(7-9-22)25(30)27-12-3-13-29-14-16-32-17-15-29/h4-11H,3,12-18H2,1-2H3,(H,27,30)/t34-/m0/s1. The number of ether oxygens (including phenoxy) is 1. The van der Waals surface area contributed by atoms with Crippen molar-refractivity contribution in [3.05, 3.63) is 71.1 Å². The number of hydrogen-bond donors (Lipinski definition) is 1. The van der Waals surface area contributed by atoms with Crippen LogP contribution in [0.1, 0.15) is 33.8 Å². The highest BCUT2D eigenvalue weighted by molar-refractivity contribution is 7.84. The molecule has 0 saturated carbocycles. The van der Waals surface area contributed by atoms with Gasteiger partial charge < -0.3 is 14.5 Å². The third kappa shape index (κ3) is 6.40. The van der Waals surface area contributed by atoms with Crippen LogP contribution in [0.25, 0.3) is 11.5 Å². The molecule has 4 rings (SSSR count). The largest absolute Gasteiger partial charge is 0.441 e. The lowest BCUT2D eigenvalue weighted by molar-refractivity contribution is 0.0374. The summed E-state index contributed by atoms with van der Waals surface area (Å²) in [6.45, 7) is 8.92. The Hall–Kier alpha value is -2.81. The van der Waals surface area contributed by atoms with Crippen LogP contribution >= 0.6 is 0 Å². The van der Waals surface area contributed by atoms with Crippen LogP contribution in [-0.4, -0.2) is 59.4 Å². The molecule has 1 aliphatic rings. The molecular weight excluding hydrogens is 450 g/mol. The van der Waals surface area contributed by atoms with Crippen molar-refractivity contribution in [3.63, 3.8) is 0 Å². The Morgan fingerprint density at radius 2 is 1.76 bits per heavy atom. The normalized spacial score (nSPS) is 15.2. The minimum absolute atomic E-state index is 0.0914. The Labute approximate surface area is 203 Å². The minimum atomic E-state index is -1.20. The molecule has 7 nitrogen and oxygen atoms in total. The number of rotatable bonds is 9. The number of benzene rings is 2. The summed E-state index contributed by atoms with van der Waals surface area (Å²) in [5.41, 5.74) is 3.18. The van der Waals surface area contributed by atoms with E-state index in [1.807, 2.05) is 50.2 Å². The van der Waals surface area contributed by atoms with Gasteiger partial charge in [-0.15, -0.1) is 0 Å². The molecule has 1 N–H and O–H groups in total. The highest BCUT2D eigenvalue weighted by Crippen LogP contribution is 2.24. The summed E-state index contributed by atoms with van der Waals surface area (Å²) < 4.78 is 23.9. The molecule has 0 aliphatic carbocycles. The van der Waals surface area contributed by atoms with Crippen LogP contribution in [0, 0.1) is 13.8 Å². The van der Waals surface area contributed by atoms with E-state index in [9.17, 15) is 9.00 Å². The molecule has 34 heavy (non-hydrogen) atoms. The van der Waals surface area contributed by atoms with E-state index in [2.05, 4.69) is 15.2 Å². The maximum Gasteiger partial charge on any atom is 0.251 e. The molecule has 2 aromatic carbocycles. The average Bonchev–Trinajstić information content (AvgIpc) is 3.22. The number of aromatic nitrogens is 1. The Morgan fingerprint density at radius 3 is 2.47 bits per heavy atom. The summed E-state index contributed by atoms with van der Waals surface area (Å²) in [6.07, 6.45) is 0.909. The number of oxazole rings is 1. The van der Waals surface area contributed by atoms with E-state index in [-0.39, 0.29) is 5.91 Å². The van der Waals surface area contributed by atoms with Gasteiger partial charge in [0.15, 0.2) is 0 Å². The first kappa shape index (κ1) is 24.3. The second-order valence-corrected chi connectivity index (χ2v) is 9.92. The number of amides is 1. The SMILES string of the molecule is Cc1ccc([S@@](=O)Cc2nc(-c3ccc(C(=O)NCCCN4CCOCC4)cc3)oc2C)cc1. The maximum absolute atomic E-state index is 12.7. The summed E-state index contributed by atoms with van der Waals surface area (Å²) in [6, 6.07) is 14.9. The second kappa shape index (κ2) is 11.6. The van der Waals surface area contributed by atoms with Gasteiger partial charge in [0.2, 0.25) is 5.89 Å². The molecule has 180 valence electrons. The molecule has 1 aliphatic heterocycles. The van der Waals surface area contributed by atoms with Gasteiger partial charge in [-0.2, -0.15) is 0 Å². The van der Waals surface area contributed by atoms with E-state index in [0.717, 1.165) is 55.3 Å². The van der Waals surface area contributed by atoms with E-state index in [0.29, 0.717) is 35.2 Å². The van der Waals surface area contributed by atoms with Crippen LogP contribution in [0.2, 0.25) is 0 Å². The molecule has 0 bridgehead atoms. The van der Waals surface area contributed by atoms with Crippen LogP contribution in [-0.2, 0) is 21.3 Å². The lowest BCUT2D eigenvalue weighted by atomic mass is 10.1. The monoisotopic (exact) mass is 481 g/mol. The molecule has 0 radical (unpaired) electrons. The van der Waals surface area contributed by atoms with Gasteiger partial charge in [-0.05, 0) is 63.2 Å². The van der Waals surface area contributed by atoms with E-state index in [4.69, 9.17) is 9.15 Å². The third-order valence-electron chi connectivity index (χ3n) is 5.88. The molecule has 1 fully saturated rings. The van der Waals surface area contributed by atoms with Crippen molar-refractivity contribution >= 4 is 16.7 Å². The first-order valence-electron chi connectivity index (χ1n) is 11.6. The highest BCUT2D eigenvalue weighted by Gasteiger charge is 2.16. The molecule has 1 atom stereocenters. The summed E-state index contributed by atoms with van der Waals surface area (Å²) >= 11 is 0. The number of nitrogens with one attached hydrogen (secondary N) is 1. The van der Waals surface area contributed by atoms with Gasteiger partial charge in [0, 0.05) is 35.7 Å². The van der Waals surface area contributed by atoms with Crippen molar-refractivity contribution in [2.75, 3.05) is 39.4 Å². The van der Waals surface area contributed by atoms with Gasteiger partial charge in [0.1, 0.15) is 5.76 Å². The number of carbonyl (C=O) groups is 1. The fraction of sp³-hybridized carbons (Fsp3) is 0.385. The van der Waals surface area contributed by atoms with Crippen LogP contribution in [0.4, 0.5) is 0 Å². The summed E-state index contributed by atoms with van der Waals surface area (Å²) in [5.74, 6) is 1.32. The Kier molecular flexibility index (Phi) is 8.26. The van der Waals surface area contributed by atoms with E-state index < -0.39 is 10.8 Å². The van der Waals surface area contributed by atoms with Gasteiger partial charge in [-0.1, -0.05) is 17.7 Å². The predicted octanol–water partition coefficient (Wildman–Crippen LogP) is 3.72. The lowest BCUT2D eigenvalue weighted by Crippen LogP contribution is -2.38. The van der Waals surface area contributed by atoms with E-state index in [1.165, 1.54) is 0 Å². The van der Waals surface area contributed by atoms with Crippen molar-refractivity contribution in [1.82, 2.24) is 15.2 Å². The van der Waals surface area contributed by atoms with Gasteiger partial charge >= 0.3 is 0 Å². The van der Waals surface area contributed by atoms with E-state index in [1.54, 1.807) is 12.1 Å². The molecule has 1 aromatic heterocycles. The van der Waals surface area contributed by atoms with Gasteiger partial charge in [-0.3, -0.25) is 13.9 Å². The van der Waals surface area contributed by atoms with Crippen LogP contribution in [0.15, 0.2) is 57.8 Å². The fourth-order valence-corrected chi connectivity index (χ4v) is 4.90. The van der Waals surface area contributed by atoms with E-state index >= 15 is 0 Å². The van der Waals surface area contributed by atoms with Gasteiger partial charge in [0.25, 0.3) is 5.91 Å². The summed E-state index contributed by atoms with van der Waals surface area (Å²) in [7, 11) is -1.20. The fourth-order valence-electron chi connectivity index (χ4n) is 3.78. The Bertz CT molecular complexity index is 1120. The number of morpholine rings is 1. The molecular formula is C26H31N3O4S. The van der Waals surface area contributed by atoms with Gasteiger partial charge in [0.05, 0.1) is 35.5 Å². The first-order valence-corrected chi connectivity index (χ1v) is 12.9. The van der Waals surface area contributed by atoms with Crippen LogP contribution in [0.3, 0.4) is 0 Å². The van der Waals surface area contributed by atoms with Crippen molar-refractivity contribution in [1.29, 1.82) is 0 Å². The molecule has 8 heteroatoms. The topological polar surface area (TPSA) is 84.7 Å². The average molecular weight is 482 g/mol. The first-order chi connectivity index (χ1) is 16.5. The van der Waals surface area contributed by atoms with Crippen molar-refractivity contribution < 1.29 is 18.2 Å². The third-order valence-corrected chi connectivity index (χ3v) is 7.21. The Balaban J connectivity index is 1.31. The summed E-state index contributed by atoms with van der Waals surface area (Å²) in [4.78, 5) is 20.2. The molecule has 1 amide bonds. The van der Waals surface area contributed by atoms with Crippen LogP contribution < -0.4 is 5.32 Å². The molecule has 2 heterocycles. The highest BCUT2D eigenvalue weighted by atomic mass is 32.2. The zero-order valence-electron chi connectivity index (χ0n) is 19.7. The number of aryl methyl sites for hydroxylation is 2. The predicted molar refractivity (Wildman–Crippen MR) is 132 cm³/mol. The smallest absolute Gasteiger partial charge is 0.251 e. The zero-order valence-corrected chi connectivity index (χ0v) is 20.5. The second-order valence-electron chi connectivity index (χ2n) is 8.47. The lowest BCUT2D eigenvalue weighted by Gasteiger charge is -2.26. The van der Waals surface area contributed by atoms with Crippen molar-refractivity contribution in [2.24, 2.45) is 0 Å². The molecule has 3 aromatic rings. The van der Waals surface area contributed by atoms with Gasteiger partial charge in [-0.25, -0.2) is 4.98 Å². The van der Waals surface area contributed by atoms with Crippen LogP contribution in [0.5, 0.6) is 0 Å². The Morgan fingerprint density at radius 1 is 1.06 bits per heavy atom. The number of carbonyl (C=O) groups excluding carboxylic acids is 1. The van der Waals surface area contributed by atoms with Crippen molar-refractivity contribution in [2.45, 2.75) is 30.9 Å². The molecule has 0 spiro atoms. The molecule has 1 saturated heterocycles. The van der Waals surface area contributed by atoms with Crippen molar-refractivity contribution in [3.8, 4) is 11.5 Å².